The fraction of sp³-hybridized carbons (Fsp3) is 0.353. The number of hydrogen-bond donors (Lipinski definition) is 0. The standard InChI is InChI=1S/C17H19N5O2S/c1-13-11-17-19-15(7-10-21(17)20-13)16-6-2-3-9-22(16)25(23,24)14-5-4-8-18-12-14/h4-5,7-8,10-12,16H,2-3,6,9H2,1H3/t16-/m1/s1. The molecule has 0 saturated carbocycles. The summed E-state index contributed by atoms with van der Waals surface area (Å²) < 4.78 is 29.4. The third-order valence-corrected chi connectivity index (χ3v) is 6.40. The molecule has 0 amide bonds. The van der Waals surface area contributed by atoms with Crippen molar-refractivity contribution in [2.24, 2.45) is 0 Å². The molecule has 7 nitrogen and oxygen atoms in total. The molecule has 0 spiro atoms. The Bertz CT molecular complexity index is 1000. The molecule has 4 heterocycles. The average Bonchev–Trinajstić information content (AvgIpc) is 3.01. The molecule has 130 valence electrons. The van der Waals surface area contributed by atoms with Gasteiger partial charge in [-0.25, -0.2) is 17.9 Å². The van der Waals surface area contributed by atoms with Gasteiger partial charge in [-0.2, -0.15) is 9.40 Å². The van der Waals surface area contributed by atoms with Gasteiger partial charge in [0.1, 0.15) is 4.90 Å². The van der Waals surface area contributed by atoms with Crippen LogP contribution in [0.1, 0.15) is 36.7 Å². The molecule has 1 aliphatic heterocycles. The van der Waals surface area contributed by atoms with Gasteiger partial charge in [0, 0.05) is 31.2 Å². The highest BCUT2D eigenvalue weighted by Gasteiger charge is 2.35. The Morgan fingerprint density at radius 3 is 2.92 bits per heavy atom. The van der Waals surface area contributed by atoms with Crippen LogP contribution in [0.15, 0.2) is 47.8 Å². The highest BCUT2D eigenvalue weighted by molar-refractivity contribution is 7.89. The predicted octanol–water partition coefficient (Wildman–Crippen LogP) is 2.35. The Morgan fingerprint density at radius 2 is 2.12 bits per heavy atom. The monoisotopic (exact) mass is 357 g/mol. The van der Waals surface area contributed by atoms with E-state index in [4.69, 9.17) is 0 Å². The van der Waals surface area contributed by atoms with Crippen molar-refractivity contribution in [2.45, 2.75) is 37.1 Å². The Labute approximate surface area is 146 Å². The Balaban J connectivity index is 1.75. The van der Waals surface area contributed by atoms with Crippen molar-refractivity contribution in [1.82, 2.24) is 23.9 Å². The zero-order chi connectivity index (χ0) is 17.4. The van der Waals surface area contributed by atoms with Crippen molar-refractivity contribution in [3.8, 4) is 0 Å². The minimum absolute atomic E-state index is 0.225. The lowest BCUT2D eigenvalue weighted by Gasteiger charge is -2.34. The molecule has 4 rings (SSSR count). The molecule has 1 saturated heterocycles. The molecule has 8 heteroatoms. The first-order valence-corrected chi connectivity index (χ1v) is 9.74. The number of sulfonamides is 1. The molecular weight excluding hydrogens is 338 g/mol. The first-order valence-electron chi connectivity index (χ1n) is 8.30. The Morgan fingerprint density at radius 1 is 1.24 bits per heavy atom. The van der Waals surface area contributed by atoms with Crippen LogP contribution in [0.2, 0.25) is 0 Å². The van der Waals surface area contributed by atoms with Crippen molar-refractivity contribution in [3.63, 3.8) is 0 Å². The van der Waals surface area contributed by atoms with Gasteiger partial charge < -0.3 is 0 Å². The maximum absolute atomic E-state index is 13.1. The highest BCUT2D eigenvalue weighted by atomic mass is 32.2. The molecule has 0 bridgehead atoms. The first-order chi connectivity index (χ1) is 12.1. The van der Waals surface area contributed by atoms with Crippen LogP contribution < -0.4 is 0 Å². The van der Waals surface area contributed by atoms with Crippen LogP contribution >= 0.6 is 0 Å². The van der Waals surface area contributed by atoms with Crippen LogP contribution in [0, 0.1) is 6.92 Å². The molecule has 0 radical (unpaired) electrons. The third-order valence-electron chi connectivity index (χ3n) is 4.50. The summed E-state index contributed by atoms with van der Waals surface area (Å²) in [5.41, 5.74) is 2.38. The molecule has 1 aliphatic rings. The fourth-order valence-electron chi connectivity index (χ4n) is 3.32. The second-order valence-corrected chi connectivity index (χ2v) is 8.15. The van der Waals surface area contributed by atoms with Crippen molar-refractivity contribution >= 4 is 15.7 Å². The number of nitrogens with zero attached hydrogens (tertiary/aromatic N) is 5. The molecule has 3 aromatic rings. The largest absolute Gasteiger partial charge is 0.263 e. The van der Waals surface area contributed by atoms with Gasteiger partial charge in [0.25, 0.3) is 0 Å². The molecule has 0 unspecified atom stereocenters. The van der Waals surface area contributed by atoms with Crippen molar-refractivity contribution in [3.05, 3.63) is 54.2 Å². The maximum Gasteiger partial charge on any atom is 0.245 e. The fourth-order valence-corrected chi connectivity index (χ4v) is 4.95. The second-order valence-electron chi connectivity index (χ2n) is 6.26. The molecule has 3 aromatic heterocycles. The topological polar surface area (TPSA) is 80.5 Å². The summed E-state index contributed by atoms with van der Waals surface area (Å²) in [6.07, 6.45) is 7.41. The van der Waals surface area contributed by atoms with Crippen LogP contribution in [0.4, 0.5) is 0 Å². The molecule has 1 fully saturated rings. The SMILES string of the molecule is Cc1cc2nc([C@H]3CCCCN3S(=O)(=O)c3cccnc3)ccn2n1. The molecule has 1 atom stereocenters. The summed E-state index contributed by atoms with van der Waals surface area (Å²) in [7, 11) is -3.60. The summed E-state index contributed by atoms with van der Waals surface area (Å²) in [4.78, 5) is 8.84. The van der Waals surface area contributed by atoms with Gasteiger partial charge in [-0.1, -0.05) is 6.42 Å². The lowest BCUT2D eigenvalue weighted by molar-refractivity contribution is 0.251. The Kier molecular flexibility index (Phi) is 4.01. The van der Waals surface area contributed by atoms with Crippen LogP contribution in [-0.2, 0) is 10.0 Å². The average molecular weight is 357 g/mol. The van der Waals surface area contributed by atoms with E-state index in [1.807, 2.05) is 25.3 Å². The summed E-state index contributed by atoms with van der Waals surface area (Å²) in [5.74, 6) is 0. The molecule has 0 N–H and O–H groups in total. The first kappa shape index (κ1) is 16.2. The number of pyridine rings is 1. The summed E-state index contributed by atoms with van der Waals surface area (Å²) in [6, 6.07) is 6.73. The van der Waals surface area contributed by atoms with Crippen molar-refractivity contribution in [1.29, 1.82) is 0 Å². The van der Waals surface area contributed by atoms with Crippen LogP contribution in [0.3, 0.4) is 0 Å². The second kappa shape index (κ2) is 6.20. The number of aryl methyl sites for hydroxylation is 1. The van der Waals surface area contributed by atoms with E-state index in [9.17, 15) is 8.42 Å². The lowest BCUT2D eigenvalue weighted by atomic mass is 10.0. The van der Waals surface area contributed by atoms with Gasteiger partial charge >= 0.3 is 0 Å². The van der Waals surface area contributed by atoms with E-state index >= 15 is 0 Å². The number of hydrogen-bond acceptors (Lipinski definition) is 5. The van der Waals surface area contributed by atoms with Gasteiger partial charge in [0.2, 0.25) is 10.0 Å². The van der Waals surface area contributed by atoms with Crippen LogP contribution in [0.25, 0.3) is 5.65 Å². The molecule has 0 aliphatic carbocycles. The van der Waals surface area contributed by atoms with Gasteiger partial charge in [0.15, 0.2) is 5.65 Å². The highest BCUT2D eigenvalue weighted by Crippen LogP contribution is 2.34. The lowest BCUT2D eigenvalue weighted by Crippen LogP contribution is -2.38. The van der Waals surface area contributed by atoms with Crippen LogP contribution in [-0.4, -0.2) is 38.8 Å². The third kappa shape index (κ3) is 2.91. The molecular formula is C17H19N5O2S. The minimum atomic E-state index is -3.60. The summed E-state index contributed by atoms with van der Waals surface area (Å²) in [5, 5.41) is 4.33. The zero-order valence-electron chi connectivity index (χ0n) is 13.9. The number of rotatable bonds is 3. The zero-order valence-corrected chi connectivity index (χ0v) is 14.7. The normalized spacial score (nSPS) is 19.3. The molecule has 25 heavy (non-hydrogen) atoms. The summed E-state index contributed by atoms with van der Waals surface area (Å²) in [6.45, 7) is 2.40. The van der Waals surface area contributed by atoms with Crippen molar-refractivity contribution < 1.29 is 8.42 Å². The van der Waals surface area contributed by atoms with E-state index in [0.29, 0.717) is 6.54 Å². The number of aromatic nitrogens is 4. The quantitative estimate of drug-likeness (QED) is 0.719. The predicted molar refractivity (Wildman–Crippen MR) is 92.4 cm³/mol. The van der Waals surface area contributed by atoms with E-state index in [1.165, 1.54) is 6.20 Å². The van der Waals surface area contributed by atoms with E-state index in [2.05, 4.69) is 15.1 Å². The smallest absolute Gasteiger partial charge is 0.245 e. The summed E-state index contributed by atoms with van der Waals surface area (Å²) >= 11 is 0. The minimum Gasteiger partial charge on any atom is -0.263 e. The number of fused-ring (bicyclic) bond motifs is 1. The van der Waals surface area contributed by atoms with Crippen molar-refractivity contribution in [2.75, 3.05) is 6.54 Å². The number of piperidine rings is 1. The van der Waals surface area contributed by atoms with E-state index in [-0.39, 0.29) is 10.9 Å². The van der Waals surface area contributed by atoms with E-state index < -0.39 is 10.0 Å². The van der Waals surface area contributed by atoms with E-state index in [1.54, 1.807) is 27.2 Å². The van der Waals surface area contributed by atoms with Crippen LogP contribution in [0.5, 0.6) is 0 Å². The Hall–Kier alpha value is -2.32. The van der Waals surface area contributed by atoms with Gasteiger partial charge in [-0.05, 0) is 38.0 Å². The maximum atomic E-state index is 13.1. The molecule has 0 aromatic carbocycles. The van der Waals surface area contributed by atoms with Gasteiger partial charge in [-0.3, -0.25) is 4.98 Å². The van der Waals surface area contributed by atoms with Gasteiger partial charge in [-0.15, -0.1) is 0 Å². The van der Waals surface area contributed by atoms with Gasteiger partial charge in [0.05, 0.1) is 17.4 Å². The van der Waals surface area contributed by atoms with E-state index in [0.717, 1.165) is 36.3 Å².